The van der Waals surface area contributed by atoms with Gasteiger partial charge in [0.15, 0.2) is 0 Å². The summed E-state index contributed by atoms with van der Waals surface area (Å²) in [6.07, 6.45) is 2.01. The van der Waals surface area contributed by atoms with Crippen molar-refractivity contribution in [1.29, 1.82) is 0 Å². The van der Waals surface area contributed by atoms with Crippen molar-refractivity contribution in [3.05, 3.63) is 89.7 Å². The fourth-order valence-corrected chi connectivity index (χ4v) is 4.40. The lowest BCUT2D eigenvalue weighted by atomic mass is 9.90. The first-order valence-corrected chi connectivity index (χ1v) is 11.3. The maximum atomic E-state index is 13.5. The molecule has 1 unspecified atom stereocenters. The van der Waals surface area contributed by atoms with E-state index in [-0.39, 0.29) is 11.9 Å². The first kappa shape index (κ1) is 21.4. The maximum Gasteiger partial charge on any atom is 0.123 e. The minimum atomic E-state index is -0.197. The Morgan fingerprint density at radius 1 is 0.935 bits per heavy atom. The smallest absolute Gasteiger partial charge is 0.123 e. The van der Waals surface area contributed by atoms with Gasteiger partial charge in [-0.1, -0.05) is 44.2 Å². The average Bonchev–Trinajstić information content (AvgIpc) is 2.82. The van der Waals surface area contributed by atoms with Gasteiger partial charge >= 0.3 is 0 Å². The number of ether oxygens (including phenoxy) is 1. The Hall–Kier alpha value is -2.85. The van der Waals surface area contributed by atoms with Gasteiger partial charge in [-0.15, -0.1) is 0 Å². The number of aryl methyl sites for hydroxylation is 1. The average molecular weight is 419 g/mol. The van der Waals surface area contributed by atoms with Gasteiger partial charge in [0.2, 0.25) is 0 Å². The Labute approximate surface area is 185 Å². The van der Waals surface area contributed by atoms with Crippen LogP contribution >= 0.6 is 0 Å². The fraction of sp³-hybridized carbons (Fsp3) is 0.333. The Morgan fingerprint density at radius 3 is 2.35 bits per heavy atom. The normalized spacial score (nSPS) is 15.7. The van der Waals surface area contributed by atoms with E-state index in [4.69, 9.17) is 4.74 Å². The molecule has 0 saturated carbocycles. The second-order valence-corrected chi connectivity index (χ2v) is 7.97. The largest absolute Gasteiger partial charge is 0.492 e. The molecule has 4 rings (SSSR count). The number of hydrogen-bond acceptors (Lipinski definition) is 3. The molecule has 0 aliphatic carbocycles. The summed E-state index contributed by atoms with van der Waals surface area (Å²) in [5, 5.41) is 0. The van der Waals surface area contributed by atoms with Gasteiger partial charge in [0.25, 0.3) is 0 Å². The Morgan fingerprint density at radius 2 is 1.65 bits per heavy atom. The molecule has 1 aliphatic heterocycles. The van der Waals surface area contributed by atoms with Crippen LogP contribution in [0.4, 0.5) is 15.8 Å². The first-order valence-electron chi connectivity index (χ1n) is 11.3. The summed E-state index contributed by atoms with van der Waals surface area (Å²) in [6.45, 7) is 8.04. The quantitative estimate of drug-likeness (QED) is 0.423. The summed E-state index contributed by atoms with van der Waals surface area (Å²) in [5.74, 6) is 0.692. The van der Waals surface area contributed by atoms with Gasteiger partial charge in [0.05, 0.1) is 6.04 Å². The summed E-state index contributed by atoms with van der Waals surface area (Å²) in [6, 6.07) is 24.0. The molecule has 1 heterocycles. The number of rotatable bonds is 8. The molecular formula is C27H31FN2O. The third kappa shape index (κ3) is 4.91. The van der Waals surface area contributed by atoms with E-state index >= 15 is 0 Å². The zero-order chi connectivity index (χ0) is 21.6. The molecule has 0 fully saturated rings. The minimum Gasteiger partial charge on any atom is -0.492 e. The van der Waals surface area contributed by atoms with Crippen molar-refractivity contribution in [3.63, 3.8) is 0 Å². The van der Waals surface area contributed by atoms with Crippen molar-refractivity contribution in [2.75, 3.05) is 31.1 Å². The summed E-state index contributed by atoms with van der Waals surface area (Å²) in [4.78, 5) is 4.73. The second-order valence-electron chi connectivity index (χ2n) is 7.97. The molecule has 3 aromatic carbocycles. The predicted octanol–water partition coefficient (Wildman–Crippen LogP) is 6.37. The van der Waals surface area contributed by atoms with Crippen LogP contribution in [0.1, 0.15) is 37.4 Å². The van der Waals surface area contributed by atoms with E-state index in [9.17, 15) is 4.39 Å². The first-order chi connectivity index (χ1) is 15.2. The van der Waals surface area contributed by atoms with Crippen molar-refractivity contribution in [1.82, 2.24) is 4.90 Å². The molecule has 0 radical (unpaired) electrons. The predicted molar refractivity (Wildman–Crippen MR) is 126 cm³/mol. The van der Waals surface area contributed by atoms with Crippen molar-refractivity contribution >= 4 is 11.4 Å². The molecule has 3 nitrogen and oxygen atoms in total. The van der Waals surface area contributed by atoms with Crippen LogP contribution in [0, 0.1) is 5.82 Å². The highest BCUT2D eigenvalue weighted by Gasteiger charge is 2.28. The van der Waals surface area contributed by atoms with Crippen molar-refractivity contribution in [2.45, 2.75) is 32.7 Å². The van der Waals surface area contributed by atoms with Gasteiger partial charge in [-0.25, -0.2) is 4.39 Å². The maximum absolute atomic E-state index is 13.5. The Balaban J connectivity index is 1.57. The van der Waals surface area contributed by atoms with Gasteiger partial charge in [0, 0.05) is 17.9 Å². The number of para-hydroxylation sites is 1. The number of fused-ring (bicyclic) bond motifs is 1. The molecule has 0 aromatic heterocycles. The molecule has 3 aromatic rings. The number of halogens is 1. The standard InChI is InChI=1S/C27H31FN2O/c1-3-29(4-2)19-20-31-25-16-14-24(15-17-25)30-26-8-6-5-7-21(26)11-18-27(30)22-9-12-23(28)13-10-22/h5-10,12-17,27H,3-4,11,18-20H2,1-2H3. The highest BCUT2D eigenvalue weighted by atomic mass is 19.1. The van der Waals surface area contributed by atoms with Crippen LogP contribution in [0.15, 0.2) is 72.8 Å². The second kappa shape index (κ2) is 9.97. The number of anilines is 2. The van der Waals surface area contributed by atoms with Gasteiger partial charge < -0.3 is 14.5 Å². The lowest BCUT2D eigenvalue weighted by Crippen LogP contribution is -2.29. The molecule has 1 aliphatic rings. The third-order valence-corrected chi connectivity index (χ3v) is 6.19. The molecular weight excluding hydrogens is 387 g/mol. The van der Waals surface area contributed by atoms with Gasteiger partial charge in [-0.2, -0.15) is 0 Å². The molecule has 31 heavy (non-hydrogen) atoms. The lowest BCUT2D eigenvalue weighted by molar-refractivity contribution is 0.223. The van der Waals surface area contributed by atoms with Crippen LogP contribution in [-0.4, -0.2) is 31.1 Å². The number of likely N-dealkylation sites (N-methyl/N-ethyl adjacent to an activating group) is 1. The van der Waals surface area contributed by atoms with Crippen LogP contribution < -0.4 is 9.64 Å². The van der Waals surface area contributed by atoms with E-state index in [1.165, 1.54) is 11.3 Å². The summed E-state index contributed by atoms with van der Waals surface area (Å²) >= 11 is 0. The number of benzene rings is 3. The fourth-order valence-electron chi connectivity index (χ4n) is 4.40. The zero-order valence-electron chi connectivity index (χ0n) is 18.4. The highest BCUT2D eigenvalue weighted by molar-refractivity contribution is 5.70. The minimum absolute atomic E-state index is 0.171. The molecule has 0 saturated heterocycles. The van der Waals surface area contributed by atoms with E-state index < -0.39 is 0 Å². The lowest BCUT2D eigenvalue weighted by Gasteiger charge is -2.39. The Bertz CT molecular complexity index is 967. The van der Waals surface area contributed by atoms with Crippen LogP contribution in [0.3, 0.4) is 0 Å². The number of nitrogens with zero attached hydrogens (tertiary/aromatic N) is 2. The van der Waals surface area contributed by atoms with Gasteiger partial charge in [0.1, 0.15) is 18.2 Å². The van der Waals surface area contributed by atoms with Gasteiger partial charge in [-0.3, -0.25) is 0 Å². The number of hydrogen-bond donors (Lipinski definition) is 0. The van der Waals surface area contributed by atoms with Crippen LogP contribution in [-0.2, 0) is 6.42 Å². The Kier molecular flexibility index (Phi) is 6.88. The summed E-state index contributed by atoms with van der Waals surface area (Å²) in [7, 11) is 0. The van der Waals surface area contributed by atoms with E-state index in [1.807, 2.05) is 12.1 Å². The third-order valence-electron chi connectivity index (χ3n) is 6.19. The zero-order valence-corrected chi connectivity index (χ0v) is 18.4. The molecule has 0 amide bonds. The molecule has 4 heteroatoms. The molecule has 162 valence electrons. The monoisotopic (exact) mass is 418 g/mol. The molecule has 1 atom stereocenters. The summed E-state index contributed by atoms with van der Waals surface area (Å²) < 4.78 is 19.5. The molecule has 0 bridgehead atoms. The van der Waals surface area contributed by atoms with Gasteiger partial charge in [-0.05, 0) is 79.5 Å². The van der Waals surface area contributed by atoms with Crippen molar-refractivity contribution < 1.29 is 9.13 Å². The van der Waals surface area contributed by atoms with Crippen LogP contribution in [0.25, 0.3) is 0 Å². The van der Waals surface area contributed by atoms with Crippen molar-refractivity contribution in [2.24, 2.45) is 0 Å². The molecule has 0 N–H and O–H groups in total. The highest BCUT2D eigenvalue weighted by Crippen LogP contribution is 2.43. The SMILES string of the molecule is CCN(CC)CCOc1ccc(N2c3ccccc3CCC2c2ccc(F)cc2)cc1. The van der Waals surface area contributed by atoms with Crippen molar-refractivity contribution in [3.8, 4) is 5.75 Å². The molecule has 0 spiro atoms. The van der Waals surface area contributed by atoms with E-state index in [1.54, 1.807) is 12.1 Å². The van der Waals surface area contributed by atoms with E-state index in [0.717, 1.165) is 49.5 Å². The van der Waals surface area contributed by atoms with E-state index in [0.29, 0.717) is 6.61 Å². The summed E-state index contributed by atoms with van der Waals surface area (Å²) in [5.41, 5.74) is 4.83. The van der Waals surface area contributed by atoms with Crippen LogP contribution in [0.2, 0.25) is 0 Å². The van der Waals surface area contributed by atoms with Crippen LogP contribution in [0.5, 0.6) is 5.75 Å². The van der Waals surface area contributed by atoms with E-state index in [2.05, 4.69) is 72.2 Å². The topological polar surface area (TPSA) is 15.7 Å².